The fourth-order valence-electron chi connectivity index (χ4n) is 4.09. The number of nitrogens with zero attached hydrogens (tertiary/aromatic N) is 2. The van der Waals surface area contributed by atoms with E-state index < -0.39 is 5.41 Å². The smallest absolute Gasteiger partial charge is 0.314 e. The molecule has 0 unspecified atom stereocenters. The minimum atomic E-state index is -0.651. The monoisotopic (exact) mass is 428 g/mol. The highest BCUT2D eigenvalue weighted by molar-refractivity contribution is 5.77. The summed E-state index contributed by atoms with van der Waals surface area (Å²) in [6.07, 6.45) is 3.30. The summed E-state index contributed by atoms with van der Waals surface area (Å²) in [6.45, 7) is 16.9. The molecule has 2 aliphatic heterocycles. The third-order valence-electron chi connectivity index (χ3n) is 6.38. The highest BCUT2D eigenvalue weighted by atomic mass is 16.5. The molecule has 176 valence electrons. The number of hydrogen-bond donors (Lipinski definition) is 1. The molecule has 0 aromatic carbocycles. The van der Waals surface area contributed by atoms with Crippen LogP contribution in [0.2, 0.25) is 0 Å². The van der Waals surface area contributed by atoms with E-state index >= 15 is 0 Å². The molecule has 0 aliphatic carbocycles. The van der Waals surface area contributed by atoms with Crippen LogP contribution < -0.4 is 0 Å². The summed E-state index contributed by atoms with van der Waals surface area (Å²) < 4.78 is 10.1. The Morgan fingerprint density at radius 1 is 0.900 bits per heavy atom. The van der Waals surface area contributed by atoms with Crippen LogP contribution in [-0.4, -0.2) is 84.9 Å². The van der Waals surface area contributed by atoms with Crippen molar-refractivity contribution in [2.75, 3.05) is 46.0 Å². The first kappa shape index (κ1) is 26.9. The second-order valence-corrected chi connectivity index (χ2v) is 8.94. The molecule has 2 heterocycles. The standard InChI is InChI=1S/C12H23NO3.C11H21NO2/c1-4-16-11(15)12(9-14)5-7-13(8-6-12)10(2)3;1-4-14-11(13)10-5-7-12(8-6-10)9(2)3/h10,14H,4-9H2,1-3H3;9-10H,4-8H2,1-3H3. The van der Waals surface area contributed by atoms with Gasteiger partial charge in [0.1, 0.15) is 0 Å². The van der Waals surface area contributed by atoms with E-state index in [0.29, 0.717) is 38.1 Å². The molecule has 1 N–H and O–H groups in total. The van der Waals surface area contributed by atoms with Crippen LogP contribution in [0.25, 0.3) is 0 Å². The number of likely N-dealkylation sites (tertiary alicyclic amines) is 2. The maximum atomic E-state index is 11.8. The van der Waals surface area contributed by atoms with Crippen molar-refractivity contribution in [2.45, 2.75) is 79.3 Å². The predicted octanol–water partition coefficient (Wildman–Crippen LogP) is 2.70. The molecule has 2 aliphatic rings. The molecule has 0 spiro atoms. The van der Waals surface area contributed by atoms with Gasteiger partial charge in [-0.3, -0.25) is 9.59 Å². The first-order chi connectivity index (χ1) is 14.2. The van der Waals surface area contributed by atoms with E-state index in [1.54, 1.807) is 6.92 Å². The third kappa shape index (κ3) is 7.82. The van der Waals surface area contributed by atoms with E-state index in [2.05, 4.69) is 37.5 Å². The fraction of sp³-hybridized carbons (Fsp3) is 0.913. The number of aliphatic hydroxyl groups excluding tert-OH is 1. The zero-order chi connectivity index (χ0) is 22.7. The summed E-state index contributed by atoms with van der Waals surface area (Å²) in [4.78, 5) is 28.0. The quantitative estimate of drug-likeness (QED) is 0.625. The summed E-state index contributed by atoms with van der Waals surface area (Å²) >= 11 is 0. The molecule has 0 saturated carbocycles. The summed E-state index contributed by atoms with van der Waals surface area (Å²) in [5, 5.41) is 9.44. The SMILES string of the molecule is CCOC(=O)C1(CO)CCN(C(C)C)CC1.CCOC(=O)C1CCN(C(C)C)CC1. The van der Waals surface area contributed by atoms with Crippen molar-refractivity contribution in [1.82, 2.24) is 9.80 Å². The Hall–Kier alpha value is -1.18. The summed E-state index contributed by atoms with van der Waals surface area (Å²) in [5.74, 6) is -0.0956. The minimum absolute atomic E-state index is 0.00379. The normalized spacial score (nSPS) is 20.6. The van der Waals surface area contributed by atoms with E-state index in [1.165, 1.54) is 0 Å². The van der Waals surface area contributed by atoms with Gasteiger partial charge in [0, 0.05) is 12.1 Å². The molecule has 0 radical (unpaired) electrons. The topological polar surface area (TPSA) is 79.3 Å². The predicted molar refractivity (Wildman–Crippen MR) is 118 cm³/mol. The van der Waals surface area contributed by atoms with Gasteiger partial charge in [0.25, 0.3) is 0 Å². The first-order valence-corrected chi connectivity index (χ1v) is 11.6. The van der Waals surface area contributed by atoms with Gasteiger partial charge in [-0.1, -0.05) is 0 Å². The summed E-state index contributed by atoms with van der Waals surface area (Å²) in [6, 6.07) is 1.09. The lowest BCUT2D eigenvalue weighted by atomic mass is 9.79. The second-order valence-electron chi connectivity index (χ2n) is 8.94. The number of hydrogen-bond acceptors (Lipinski definition) is 7. The first-order valence-electron chi connectivity index (χ1n) is 11.6. The molecular formula is C23H44N2O5. The van der Waals surface area contributed by atoms with Gasteiger partial charge >= 0.3 is 11.9 Å². The molecule has 0 amide bonds. The van der Waals surface area contributed by atoms with E-state index in [1.807, 2.05) is 6.92 Å². The molecule has 0 atom stereocenters. The van der Waals surface area contributed by atoms with Crippen LogP contribution in [0.3, 0.4) is 0 Å². The van der Waals surface area contributed by atoms with Gasteiger partial charge in [0.15, 0.2) is 0 Å². The van der Waals surface area contributed by atoms with Gasteiger partial charge in [0.05, 0.1) is 31.2 Å². The van der Waals surface area contributed by atoms with Crippen molar-refractivity contribution in [3.63, 3.8) is 0 Å². The zero-order valence-electron chi connectivity index (χ0n) is 20.0. The number of carbonyl (C=O) groups is 2. The van der Waals surface area contributed by atoms with Crippen molar-refractivity contribution in [2.24, 2.45) is 11.3 Å². The van der Waals surface area contributed by atoms with Crippen LogP contribution in [0.15, 0.2) is 0 Å². The molecule has 0 bridgehead atoms. The summed E-state index contributed by atoms with van der Waals surface area (Å²) in [7, 11) is 0. The van der Waals surface area contributed by atoms with Crippen LogP contribution in [0.1, 0.15) is 67.2 Å². The van der Waals surface area contributed by atoms with E-state index in [4.69, 9.17) is 9.47 Å². The Morgan fingerprint density at radius 3 is 1.77 bits per heavy atom. The van der Waals surface area contributed by atoms with Crippen LogP contribution in [0.4, 0.5) is 0 Å². The highest BCUT2D eigenvalue weighted by Crippen LogP contribution is 2.33. The van der Waals surface area contributed by atoms with Gasteiger partial charge in [0.2, 0.25) is 0 Å². The fourth-order valence-corrected chi connectivity index (χ4v) is 4.09. The van der Waals surface area contributed by atoms with E-state index in [9.17, 15) is 14.7 Å². The second kappa shape index (κ2) is 13.3. The Kier molecular flexibility index (Phi) is 11.9. The molecule has 2 rings (SSSR count). The van der Waals surface area contributed by atoms with E-state index in [-0.39, 0.29) is 24.5 Å². The van der Waals surface area contributed by atoms with Crippen molar-refractivity contribution in [1.29, 1.82) is 0 Å². The molecule has 0 aromatic heterocycles. The largest absolute Gasteiger partial charge is 0.466 e. The van der Waals surface area contributed by atoms with Crippen LogP contribution in [-0.2, 0) is 19.1 Å². The molecule has 2 saturated heterocycles. The average molecular weight is 429 g/mol. The zero-order valence-corrected chi connectivity index (χ0v) is 20.0. The van der Waals surface area contributed by atoms with Crippen molar-refractivity contribution < 1.29 is 24.2 Å². The number of aliphatic hydroxyl groups is 1. The molecule has 30 heavy (non-hydrogen) atoms. The Morgan fingerprint density at radius 2 is 1.37 bits per heavy atom. The Balaban J connectivity index is 0.000000303. The lowest BCUT2D eigenvalue weighted by Gasteiger charge is -2.40. The van der Waals surface area contributed by atoms with Gasteiger partial charge in [-0.2, -0.15) is 0 Å². The van der Waals surface area contributed by atoms with Gasteiger partial charge < -0.3 is 24.4 Å². The number of rotatable bonds is 7. The van der Waals surface area contributed by atoms with Gasteiger partial charge in [-0.05, 0) is 93.4 Å². The van der Waals surface area contributed by atoms with Crippen molar-refractivity contribution in [3.05, 3.63) is 0 Å². The van der Waals surface area contributed by atoms with Crippen molar-refractivity contribution in [3.8, 4) is 0 Å². The van der Waals surface area contributed by atoms with Gasteiger partial charge in [-0.15, -0.1) is 0 Å². The van der Waals surface area contributed by atoms with Crippen molar-refractivity contribution >= 4 is 11.9 Å². The van der Waals surface area contributed by atoms with Crippen LogP contribution >= 0.6 is 0 Å². The molecule has 7 nitrogen and oxygen atoms in total. The minimum Gasteiger partial charge on any atom is -0.466 e. The number of esters is 2. The van der Waals surface area contributed by atoms with Crippen LogP contribution in [0.5, 0.6) is 0 Å². The lowest BCUT2D eigenvalue weighted by molar-refractivity contribution is -0.162. The maximum Gasteiger partial charge on any atom is 0.314 e. The van der Waals surface area contributed by atoms with Gasteiger partial charge in [-0.25, -0.2) is 0 Å². The van der Waals surface area contributed by atoms with Crippen LogP contribution in [0, 0.1) is 11.3 Å². The van der Waals surface area contributed by atoms with E-state index in [0.717, 1.165) is 39.0 Å². The Bertz CT molecular complexity index is 508. The molecule has 0 aromatic rings. The molecular weight excluding hydrogens is 384 g/mol. The molecule has 7 heteroatoms. The maximum absolute atomic E-state index is 11.8. The average Bonchev–Trinajstić information content (AvgIpc) is 2.74. The highest BCUT2D eigenvalue weighted by Gasteiger charge is 2.42. The number of carbonyl (C=O) groups excluding carboxylic acids is 2. The summed E-state index contributed by atoms with van der Waals surface area (Å²) in [5.41, 5.74) is -0.651. The molecule has 2 fully saturated rings. The number of ether oxygens (including phenoxy) is 2. The number of piperidine rings is 2. The third-order valence-corrected chi connectivity index (χ3v) is 6.38. The lowest BCUT2D eigenvalue weighted by Crippen LogP contribution is -2.49. The Labute approximate surface area is 183 Å².